The first-order chi connectivity index (χ1) is 9.43. The highest BCUT2D eigenvalue weighted by atomic mass is 127. The van der Waals surface area contributed by atoms with E-state index in [4.69, 9.17) is 8.85 Å². The zero-order valence-electron chi connectivity index (χ0n) is 13.7. The van der Waals surface area contributed by atoms with E-state index in [1.165, 1.54) is 0 Å². The van der Waals surface area contributed by atoms with Gasteiger partial charge in [0, 0.05) is 13.0 Å². The molecule has 0 bridgehead atoms. The summed E-state index contributed by atoms with van der Waals surface area (Å²) in [5, 5.41) is 0. The SMILES string of the molecule is C[Si](C)(C)OC(=O)[C@H]1C[C@@H](O[Si](C)(C)C)CN1C(=O)CI. The van der Waals surface area contributed by atoms with Gasteiger partial charge in [0.05, 0.1) is 10.5 Å². The lowest BCUT2D eigenvalue weighted by molar-refractivity contribution is -0.145. The van der Waals surface area contributed by atoms with E-state index in [0.717, 1.165) is 0 Å². The fourth-order valence-electron chi connectivity index (χ4n) is 2.33. The summed E-state index contributed by atoms with van der Waals surface area (Å²) in [7, 11) is -3.64. The molecule has 1 amide bonds. The molecule has 0 spiro atoms. The van der Waals surface area contributed by atoms with Gasteiger partial charge in [0.25, 0.3) is 0 Å². The summed E-state index contributed by atoms with van der Waals surface area (Å²) in [5.74, 6) is -0.288. The van der Waals surface area contributed by atoms with Gasteiger partial charge in [-0.15, -0.1) is 0 Å². The van der Waals surface area contributed by atoms with Crippen molar-refractivity contribution in [2.24, 2.45) is 0 Å². The first kappa shape index (κ1) is 19.1. The molecular formula is C13H26INO4Si2. The lowest BCUT2D eigenvalue weighted by atomic mass is 10.2. The smallest absolute Gasteiger partial charge is 0.315 e. The predicted octanol–water partition coefficient (Wildman–Crippen LogP) is 2.62. The normalized spacial score (nSPS) is 23.3. The van der Waals surface area contributed by atoms with Crippen molar-refractivity contribution < 1.29 is 18.4 Å². The second-order valence-corrected chi connectivity index (χ2v) is 17.0. The number of likely N-dealkylation sites (tertiary alicyclic amines) is 1. The fourth-order valence-corrected chi connectivity index (χ4v) is 4.68. The zero-order valence-corrected chi connectivity index (χ0v) is 17.9. The molecule has 0 aromatic heterocycles. The van der Waals surface area contributed by atoms with Crippen molar-refractivity contribution in [1.82, 2.24) is 4.90 Å². The van der Waals surface area contributed by atoms with E-state index in [9.17, 15) is 9.59 Å². The van der Waals surface area contributed by atoms with Crippen LogP contribution in [0.25, 0.3) is 0 Å². The van der Waals surface area contributed by atoms with Crippen LogP contribution in [0.5, 0.6) is 0 Å². The molecule has 1 saturated heterocycles. The van der Waals surface area contributed by atoms with Crippen molar-refractivity contribution in [1.29, 1.82) is 0 Å². The summed E-state index contributed by atoms with van der Waals surface area (Å²) < 4.78 is 12.0. The molecule has 2 atom stereocenters. The van der Waals surface area contributed by atoms with Gasteiger partial charge < -0.3 is 13.8 Å². The van der Waals surface area contributed by atoms with Gasteiger partial charge in [-0.3, -0.25) is 9.59 Å². The molecule has 1 rings (SSSR count). The summed E-state index contributed by atoms with van der Waals surface area (Å²) in [6.07, 6.45) is 0.499. The van der Waals surface area contributed by atoms with E-state index in [2.05, 4.69) is 19.6 Å². The second kappa shape index (κ2) is 7.09. The Hall–Kier alpha value is 0.0638. The second-order valence-electron chi connectivity index (χ2n) is 7.32. The molecule has 0 aromatic carbocycles. The van der Waals surface area contributed by atoms with E-state index in [0.29, 0.717) is 17.4 Å². The van der Waals surface area contributed by atoms with Gasteiger partial charge in [-0.2, -0.15) is 0 Å². The third-order valence-electron chi connectivity index (χ3n) is 2.90. The maximum atomic E-state index is 12.4. The summed E-state index contributed by atoms with van der Waals surface area (Å²) >= 11 is 2.03. The van der Waals surface area contributed by atoms with Crippen LogP contribution in [0.1, 0.15) is 6.42 Å². The van der Waals surface area contributed by atoms with Gasteiger partial charge in [0.2, 0.25) is 14.2 Å². The molecule has 0 unspecified atom stereocenters. The molecule has 1 aliphatic heterocycles. The predicted molar refractivity (Wildman–Crippen MR) is 96.7 cm³/mol. The minimum absolute atomic E-state index is 0.0187. The van der Waals surface area contributed by atoms with Gasteiger partial charge >= 0.3 is 5.97 Å². The molecule has 1 fully saturated rings. The van der Waals surface area contributed by atoms with Crippen LogP contribution in [-0.4, -0.2) is 56.5 Å². The number of carbonyl (C=O) groups excluding carboxylic acids is 2. The average Bonchev–Trinajstić information content (AvgIpc) is 2.67. The molecule has 0 aromatic rings. The number of alkyl halides is 1. The van der Waals surface area contributed by atoms with Crippen LogP contribution in [0.4, 0.5) is 0 Å². The highest BCUT2D eigenvalue weighted by Crippen LogP contribution is 2.25. The lowest BCUT2D eigenvalue weighted by Crippen LogP contribution is -2.45. The highest BCUT2D eigenvalue weighted by molar-refractivity contribution is 14.1. The molecule has 1 heterocycles. The quantitative estimate of drug-likeness (QED) is 0.373. The molecule has 0 saturated carbocycles. The van der Waals surface area contributed by atoms with Crippen molar-refractivity contribution in [3.8, 4) is 0 Å². The third-order valence-corrected chi connectivity index (χ3v) is 5.40. The molecule has 0 N–H and O–H groups in total. The maximum Gasteiger partial charge on any atom is 0.315 e. The minimum atomic E-state index is -1.95. The van der Waals surface area contributed by atoms with Crippen molar-refractivity contribution in [3.63, 3.8) is 0 Å². The maximum absolute atomic E-state index is 12.4. The molecular weight excluding hydrogens is 417 g/mol. The standard InChI is InChI=1S/C13H26INO4Si2/c1-20(2,3)18-10-7-11(13(17)19-21(4,5)6)15(9-10)12(16)8-14/h10-11H,7-9H2,1-6H3/t10-,11-/m1/s1. The van der Waals surface area contributed by atoms with Gasteiger partial charge in [0.15, 0.2) is 8.32 Å². The van der Waals surface area contributed by atoms with E-state index in [1.54, 1.807) is 4.90 Å². The number of halogens is 1. The van der Waals surface area contributed by atoms with Gasteiger partial charge in [0.1, 0.15) is 6.04 Å². The third kappa shape index (κ3) is 6.37. The van der Waals surface area contributed by atoms with Crippen LogP contribution in [-0.2, 0) is 18.4 Å². The number of carbonyl (C=O) groups is 2. The highest BCUT2D eigenvalue weighted by Gasteiger charge is 2.42. The largest absolute Gasteiger partial charge is 0.518 e. The Kier molecular flexibility index (Phi) is 6.45. The molecule has 8 heteroatoms. The van der Waals surface area contributed by atoms with Crippen molar-refractivity contribution in [3.05, 3.63) is 0 Å². The van der Waals surface area contributed by atoms with Gasteiger partial charge in [-0.25, -0.2) is 0 Å². The Balaban J connectivity index is 2.83. The summed E-state index contributed by atoms with van der Waals surface area (Å²) in [6, 6.07) is -0.486. The summed E-state index contributed by atoms with van der Waals surface area (Å²) in [6.45, 7) is 12.8. The van der Waals surface area contributed by atoms with E-state index in [-0.39, 0.29) is 18.0 Å². The molecule has 21 heavy (non-hydrogen) atoms. The molecule has 122 valence electrons. The average molecular weight is 443 g/mol. The Morgan fingerprint density at radius 3 is 2.14 bits per heavy atom. The van der Waals surface area contributed by atoms with Crippen molar-refractivity contribution >= 4 is 51.1 Å². The first-order valence-corrected chi connectivity index (χ1v) is 15.5. The molecule has 1 aliphatic rings. The van der Waals surface area contributed by atoms with Crippen LogP contribution in [0.2, 0.25) is 39.3 Å². The number of hydrogen-bond donors (Lipinski definition) is 0. The Morgan fingerprint density at radius 1 is 1.14 bits per heavy atom. The number of rotatable bonds is 5. The summed E-state index contributed by atoms with van der Waals surface area (Å²) in [5.41, 5.74) is 0. The van der Waals surface area contributed by atoms with Gasteiger partial charge in [-0.1, -0.05) is 22.6 Å². The number of amides is 1. The Bertz CT molecular complexity index is 406. The zero-order chi connectivity index (χ0) is 16.4. The van der Waals surface area contributed by atoms with Crippen LogP contribution < -0.4 is 0 Å². The number of hydrogen-bond acceptors (Lipinski definition) is 4. The summed E-state index contributed by atoms with van der Waals surface area (Å²) in [4.78, 5) is 26.1. The van der Waals surface area contributed by atoms with E-state index in [1.807, 2.05) is 42.2 Å². The molecule has 0 aliphatic carbocycles. The Labute approximate surface area is 143 Å². The van der Waals surface area contributed by atoms with E-state index >= 15 is 0 Å². The molecule has 0 radical (unpaired) electrons. The Morgan fingerprint density at radius 2 is 1.71 bits per heavy atom. The monoisotopic (exact) mass is 443 g/mol. The van der Waals surface area contributed by atoms with Gasteiger partial charge in [-0.05, 0) is 39.3 Å². The topological polar surface area (TPSA) is 55.8 Å². The first-order valence-electron chi connectivity index (χ1n) is 7.19. The van der Waals surface area contributed by atoms with Crippen molar-refractivity contribution in [2.75, 3.05) is 11.0 Å². The number of nitrogens with zero attached hydrogens (tertiary/aromatic N) is 1. The van der Waals surface area contributed by atoms with Crippen LogP contribution in [0, 0.1) is 0 Å². The molecule has 5 nitrogen and oxygen atoms in total. The minimum Gasteiger partial charge on any atom is -0.518 e. The lowest BCUT2D eigenvalue weighted by Gasteiger charge is -2.26. The van der Waals surface area contributed by atoms with Crippen LogP contribution >= 0.6 is 22.6 Å². The van der Waals surface area contributed by atoms with Crippen LogP contribution in [0.3, 0.4) is 0 Å². The van der Waals surface area contributed by atoms with Crippen molar-refractivity contribution in [2.45, 2.75) is 57.8 Å². The van der Waals surface area contributed by atoms with Crippen LogP contribution in [0.15, 0.2) is 0 Å². The fraction of sp³-hybridized carbons (Fsp3) is 0.846. The van der Waals surface area contributed by atoms with E-state index < -0.39 is 22.7 Å².